The lowest BCUT2D eigenvalue weighted by Crippen LogP contribution is -2.00. The molecule has 1 aliphatic rings. The highest BCUT2D eigenvalue weighted by Gasteiger charge is 2.08. The minimum absolute atomic E-state index is 0.711. The molecule has 1 heterocycles. The van der Waals surface area contributed by atoms with Gasteiger partial charge in [0.2, 0.25) is 5.90 Å². The summed E-state index contributed by atoms with van der Waals surface area (Å²) in [5.41, 5.74) is 2.15. The quantitative estimate of drug-likeness (QED) is 0.741. The van der Waals surface area contributed by atoms with E-state index in [2.05, 4.69) is 10.3 Å². The van der Waals surface area contributed by atoms with Crippen LogP contribution in [0, 0.1) is 0 Å². The molecule has 13 heavy (non-hydrogen) atoms. The van der Waals surface area contributed by atoms with Crippen LogP contribution in [0.1, 0.15) is 5.56 Å². The van der Waals surface area contributed by atoms with Gasteiger partial charge in [-0.1, -0.05) is 0 Å². The number of hydrogen-bond acceptors (Lipinski definition) is 3. The average Bonchev–Trinajstić information content (AvgIpc) is 2.71. The van der Waals surface area contributed by atoms with Crippen molar-refractivity contribution in [1.82, 2.24) is 0 Å². The van der Waals surface area contributed by atoms with Crippen molar-refractivity contribution in [3.63, 3.8) is 0 Å². The molecular weight excluding hydrogens is 164 g/mol. The van der Waals surface area contributed by atoms with Crippen LogP contribution < -0.4 is 5.32 Å². The van der Waals surface area contributed by atoms with Crippen LogP contribution in [0.4, 0.5) is 5.69 Å². The van der Waals surface area contributed by atoms with Gasteiger partial charge in [0.15, 0.2) is 0 Å². The molecule has 0 unspecified atom stereocenters. The van der Waals surface area contributed by atoms with Crippen molar-refractivity contribution in [1.29, 1.82) is 0 Å². The number of benzene rings is 1. The summed E-state index contributed by atoms with van der Waals surface area (Å²) < 4.78 is 5.34. The van der Waals surface area contributed by atoms with Crippen molar-refractivity contribution in [2.24, 2.45) is 4.99 Å². The summed E-state index contributed by atoms with van der Waals surface area (Å²) in [5, 5.41) is 3.06. The summed E-state index contributed by atoms with van der Waals surface area (Å²) in [6.45, 7) is 1.49. The maximum atomic E-state index is 5.34. The van der Waals surface area contributed by atoms with E-state index >= 15 is 0 Å². The Hall–Kier alpha value is -1.51. The van der Waals surface area contributed by atoms with Crippen molar-refractivity contribution in [2.45, 2.75) is 0 Å². The molecule has 2 rings (SSSR count). The highest BCUT2D eigenvalue weighted by Crippen LogP contribution is 2.11. The maximum Gasteiger partial charge on any atom is 0.216 e. The Bertz CT molecular complexity index is 316. The Morgan fingerprint density at radius 3 is 2.62 bits per heavy atom. The molecular formula is C10H12N2O. The minimum atomic E-state index is 0.711. The molecule has 0 atom stereocenters. The third kappa shape index (κ3) is 1.64. The molecule has 1 aromatic rings. The van der Waals surface area contributed by atoms with E-state index < -0.39 is 0 Å². The highest BCUT2D eigenvalue weighted by atomic mass is 16.5. The van der Waals surface area contributed by atoms with Crippen LogP contribution in [-0.2, 0) is 4.74 Å². The minimum Gasteiger partial charge on any atom is -0.476 e. The van der Waals surface area contributed by atoms with Crippen LogP contribution in [0.5, 0.6) is 0 Å². The zero-order chi connectivity index (χ0) is 9.10. The largest absolute Gasteiger partial charge is 0.476 e. The van der Waals surface area contributed by atoms with E-state index in [0.29, 0.717) is 6.61 Å². The molecule has 0 amide bonds. The first-order chi connectivity index (χ1) is 6.40. The summed E-state index contributed by atoms with van der Waals surface area (Å²) in [6.07, 6.45) is 0. The van der Waals surface area contributed by atoms with Crippen LogP contribution in [0.2, 0.25) is 0 Å². The standard InChI is InChI=1S/C10H12N2O/c1-11-9-4-2-8(3-5-9)10-12-6-7-13-10/h2-5,11H,6-7H2,1H3. The molecule has 3 nitrogen and oxygen atoms in total. The lowest BCUT2D eigenvalue weighted by Gasteiger charge is -2.03. The van der Waals surface area contributed by atoms with Gasteiger partial charge in [0.25, 0.3) is 0 Å². The van der Waals surface area contributed by atoms with Gasteiger partial charge in [-0.25, -0.2) is 4.99 Å². The Morgan fingerprint density at radius 2 is 2.08 bits per heavy atom. The fourth-order valence-electron chi connectivity index (χ4n) is 1.29. The summed E-state index contributed by atoms with van der Waals surface area (Å²) >= 11 is 0. The van der Waals surface area contributed by atoms with Gasteiger partial charge in [-0.05, 0) is 24.3 Å². The third-order valence-corrected chi connectivity index (χ3v) is 2.01. The zero-order valence-corrected chi connectivity index (χ0v) is 7.58. The second kappa shape index (κ2) is 3.47. The van der Waals surface area contributed by atoms with E-state index in [1.165, 1.54) is 0 Å². The molecule has 0 fully saturated rings. The maximum absolute atomic E-state index is 5.34. The molecule has 0 saturated heterocycles. The molecule has 68 valence electrons. The van der Waals surface area contributed by atoms with Gasteiger partial charge < -0.3 is 10.1 Å². The summed E-state index contributed by atoms with van der Waals surface area (Å²) in [6, 6.07) is 8.05. The van der Waals surface area contributed by atoms with Crippen molar-refractivity contribution in [3.05, 3.63) is 29.8 Å². The lowest BCUT2D eigenvalue weighted by molar-refractivity contribution is 0.348. The molecule has 0 spiro atoms. The van der Waals surface area contributed by atoms with Crippen LogP contribution in [0.15, 0.2) is 29.3 Å². The van der Waals surface area contributed by atoms with Crippen LogP contribution in [0.25, 0.3) is 0 Å². The SMILES string of the molecule is CNc1ccc(C2=NCCO2)cc1. The highest BCUT2D eigenvalue weighted by molar-refractivity contribution is 5.95. The van der Waals surface area contributed by atoms with Crippen LogP contribution >= 0.6 is 0 Å². The molecule has 1 N–H and O–H groups in total. The number of nitrogens with one attached hydrogen (secondary N) is 1. The number of aliphatic imine (C=N–C) groups is 1. The molecule has 1 aromatic carbocycles. The van der Waals surface area contributed by atoms with E-state index in [4.69, 9.17) is 4.74 Å². The second-order valence-electron chi connectivity index (χ2n) is 2.86. The Balaban J connectivity index is 2.22. The lowest BCUT2D eigenvalue weighted by atomic mass is 10.2. The monoisotopic (exact) mass is 176 g/mol. The first kappa shape index (κ1) is 8.10. The van der Waals surface area contributed by atoms with Crippen molar-refractivity contribution in [3.8, 4) is 0 Å². The third-order valence-electron chi connectivity index (χ3n) is 2.01. The predicted octanol–water partition coefficient (Wildman–Crippen LogP) is 1.51. The molecule has 3 heteroatoms. The summed E-state index contributed by atoms with van der Waals surface area (Å²) in [4.78, 5) is 4.24. The van der Waals surface area contributed by atoms with Gasteiger partial charge in [0.1, 0.15) is 6.61 Å². The first-order valence-electron chi connectivity index (χ1n) is 4.35. The smallest absolute Gasteiger partial charge is 0.216 e. The Labute approximate surface area is 77.4 Å². The van der Waals surface area contributed by atoms with E-state index in [9.17, 15) is 0 Å². The normalized spacial score (nSPS) is 15.0. The van der Waals surface area contributed by atoms with Gasteiger partial charge in [0, 0.05) is 18.3 Å². The topological polar surface area (TPSA) is 33.6 Å². The fourth-order valence-corrected chi connectivity index (χ4v) is 1.29. The number of nitrogens with zero attached hydrogens (tertiary/aromatic N) is 1. The number of rotatable bonds is 2. The Kier molecular flexibility index (Phi) is 2.17. The average molecular weight is 176 g/mol. The van der Waals surface area contributed by atoms with Gasteiger partial charge in [-0.2, -0.15) is 0 Å². The fraction of sp³-hybridized carbons (Fsp3) is 0.300. The molecule has 0 radical (unpaired) electrons. The number of anilines is 1. The molecule has 0 saturated carbocycles. The molecule has 1 aliphatic heterocycles. The van der Waals surface area contributed by atoms with Crippen molar-refractivity contribution < 1.29 is 4.74 Å². The second-order valence-corrected chi connectivity index (χ2v) is 2.86. The number of ether oxygens (including phenoxy) is 1. The van der Waals surface area contributed by atoms with E-state index in [0.717, 1.165) is 23.7 Å². The summed E-state index contributed by atoms with van der Waals surface area (Å²) in [7, 11) is 1.90. The molecule has 0 bridgehead atoms. The van der Waals surface area contributed by atoms with Gasteiger partial charge in [-0.15, -0.1) is 0 Å². The van der Waals surface area contributed by atoms with Crippen LogP contribution in [0.3, 0.4) is 0 Å². The molecule has 0 aliphatic carbocycles. The van der Waals surface area contributed by atoms with Gasteiger partial charge in [0.05, 0.1) is 6.54 Å². The van der Waals surface area contributed by atoms with E-state index in [-0.39, 0.29) is 0 Å². The van der Waals surface area contributed by atoms with Crippen LogP contribution in [-0.4, -0.2) is 26.1 Å². The Morgan fingerprint density at radius 1 is 1.31 bits per heavy atom. The molecule has 0 aromatic heterocycles. The first-order valence-corrected chi connectivity index (χ1v) is 4.35. The zero-order valence-electron chi connectivity index (χ0n) is 7.58. The van der Waals surface area contributed by atoms with E-state index in [1.54, 1.807) is 0 Å². The predicted molar refractivity (Wildman–Crippen MR) is 53.3 cm³/mol. The van der Waals surface area contributed by atoms with Gasteiger partial charge >= 0.3 is 0 Å². The summed E-state index contributed by atoms with van der Waals surface area (Å²) in [5.74, 6) is 0.766. The van der Waals surface area contributed by atoms with Crippen molar-refractivity contribution >= 4 is 11.6 Å². The van der Waals surface area contributed by atoms with Gasteiger partial charge in [-0.3, -0.25) is 0 Å². The number of hydrogen-bond donors (Lipinski definition) is 1. The van der Waals surface area contributed by atoms with E-state index in [1.807, 2.05) is 31.3 Å². The van der Waals surface area contributed by atoms with Crippen molar-refractivity contribution in [2.75, 3.05) is 25.5 Å².